The second-order valence-corrected chi connectivity index (χ2v) is 4.40. The summed E-state index contributed by atoms with van der Waals surface area (Å²) in [7, 11) is 0. The van der Waals surface area contributed by atoms with Gasteiger partial charge in [-0.15, -0.1) is 0 Å². The SMILES string of the molecule is N#Cc1ccc(NC(=S)N(N)C(=O)c2ccccn2)cc1. The normalized spacial score (nSPS) is 9.52. The van der Waals surface area contributed by atoms with Gasteiger partial charge in [0, 0.05) is 11.9 Å². The minimum absolute atomic E-state index is 0.0374. The highest BCUT2D eigenvalue weighted by Crippen LogP contribution is 2.10. The molecule has 2 rings (SSSR count). The Morgan fingerprint density at radius 3 is 2.57 bits per heavy atom. The molecule has 0 bridgehead atoms. The first-order chi connectivity index (χ1) is 10.1. The monoisotopic (exact) mass is 297 g/mol. The van der Waals surface area contributed by atoms with Crippen LogP contribution in [0.25, 0.3) is 0 Å². The maximum absolute atomic E-state index is 12.0. The molecule has 0 fully saturated rings. The van der Waals surface area contributed by atoms with E-state index in [0.717, 1.165) is 5.01 Å². The lowest BCUT2D eigenvalue weighted by atomic mass is 10.2. The van der Waals surface area contributed by atoms with E-state index in [1.807, 2.05) is 6.07 Å². The summed E-state index contributed by atoms with van der Waals surface area (Å²) >= 11 is 5.07. The number of hydrogen-bond donors (Lipinski definition) is 2. The predicted octanol–water partition coefficient (Wildman–Crippen LogP) is 1.67. The predicted molar refractivity (Wildman–Crippen MR) is 82.0 cm³/mol. The van der Waals surface area contributed by atoms with Crippen LogP contribution < -0.4 is 11.2 Å². The Morgan fingerprint density at radius 1 is 1.29 bits per heavy atom. The number of nitrogens with zero attached hydrogens (tertiary/aromatic N) is 3. The second kappa shape index (κ2) is 6.56. The molecule has 0 aliphatic heterocycles. The van der Waals surface area contributed by atoms with Gasteiger partial charge in [-0.25, -0.2) is 10.9 Å². The average Bonchev–Trinajstić information content (AvgIpc) is 2.55. The first-order valence-corrected chi connectivity index (χ1v) is 6.34. The van der Waals surface area contributed by atoms with Crippen LogP contribution in [0, 0.1) is 11.3 Å². The molecular formula is C14H11N5OS. The Morgan fingerprint density at radius 2 is 2.00 bits per heavy atom. The van der Waals surface area contributed by atoms with Gasteiger partial charge in [0.05, 0.1) is 11.6 Å². The summed E-state index contributed by atoms with van der Waals surface area (Å²) in [5, 5.41) is 12.4. The molecule has 21 heavy (non-hydrogen) atoms. The molecule has 0 radical (unpaired) electrons. The van der Waals surface area contributed by atoms with Crippen molar-refractivity contribution in [3.05, 3.63) is 59.9 Å². The number of benzene rings is 1. The van der Waals surface area contributed by atoms with Gasteiger partial charge >= 0.3 is 0 Å². The molecule has 1 heterocycles. The van der Waals surface area contributed by atoms with E-state index in [1.54, 1.807) is 42.5 Å². The number of nitrogens with two attached hydrogens (primary N) is 1. The Balaban J connectivity index is 2.05. The number of thiocarbonyl (C=S) groups is 1. The van der Waals surface area contributed by atoms with Gasteiger partial charge in [-0.3, -0.25) is 9.78 Å². The Kier molecular flexibility index (Phi) is 4.56. The van der Waals surface area contributed by atoms with E-state index < -0.39 is 5.91 Å². The number of rotatable bonds is 2. The quantitative estimate of drug-likeness (QED) is 0.379. The van der Waals surface area contributed by atoms with Crippen molar-refractivity contribution in [3.63, 3.8) is 0 Å². The highest BCUT2D eigenvalue weighted by molar-refractivity contribution is 7.80. The third-order valence-electron chi connectivity index (χ3n) is 2.59. The summed E-state index contributed by atoms with van der Waals surface area (Å²) in [5.41, 5.74) is 1.35. The smallest absolute Gasteiger partial charge is 0.292 e. The molecule has 0 saturated carbocycles. The average molecular weight is 297 g/mol. The molecular weight excluding hydrogens is 286 g/mol. The summed E-state index contributed by atoms with van der Waals surface area (Å²) < 4.78 is 0. The fraction of sp³-hybridized carbons (Fsp3) is 0. The lowest BCUT2D eigenvalue weighted by Crippen LogP contribution is -2.45. The van der Waals surface area contributed by atoms with Crippen molar-refractivity contribution in [2.45, 2.75) is 0 Å². The Labute approximate surface area is 126 Å². The second-order valence-electron chi connectivity index (χ2n) is 4.01. The lowest BCUT2D eigenvalue weighted by Gasteiger charge is -2.18. The molecule has 2 aromatic rings. The number of carbonyl (C=O) groups excluding carboxylic acids is 1. The molecule has 1 aromatic heterocycles. The number of carbonyl (C=O) groups is 1. The number of nitrogens with one attached hydrogen (secondary N) is 1. The molecule has 0 aliphatic carbocycles. The van der Waals surface area contributed by atoms with Gasteiger partial charge in [-0.1, -0.05) is 6.07 Å². The highest BCUT2D eigenvalue weighted by Gasteiger charge is 2.17. The summed E-state index contributed by atoms with van der Waals surface area (Å²) in [4.78, 5) is 16.0. The maximum atomic E-state index is 12.0. The van der Waals surface area contributed by atoms with Gasteiger partial charge in [-0.05, 0) is 48.6 Å². The molecule has 0 atom stereocenters. The van der Waals surface area contributed by atoms with E-state index in [4.69, 9.17) is 23.3 Å². The van der Waals surface area contributed by atoms with Gasteiger partial charge < -0.3 is 5.32 Å². The Hall–Kier alpha value is -2.82. The van der Waals surface area contributed by atoms with Crippen LogP contribution in [0.5, 0.6) is 0 Å². The van der Waals surface area contributed by atoms with E-state index in [9.17, 15) is 4.79 Å². The topological polar surface area (TPSA) is 95.0 Å². The minimum atomic E-state index is -0.512. The van der Waals surface area contributed by atoms with Crippen molar-refractivity contribution in [2.24, 2.45) is 5.84 Å². The van der Waals surface area contributed by atoms with E-state index in [1.165, 1.54) is 6.20 Å². The zero-order valence-electron chi connectivity index (χ0n) is 10.9. The van der Waals surface area contributed by atoms with E-state index >= 15 is 0 Å². The molecule has 104 valence electrons. The maximum Gasteiger partial charge on any atom is 0.292 e. The van der Waals surface area contributed by atoms with Gasteiger partial charge in [0.25, 0.3) is 5.91 Å². The van der Waals surface area contributed by atoms with Crippen molar-refractivity contribution in [2.75, 3.05) is 5.32 Å². The minimum Gasteiger partial charge on any atom is -0.331 e. The highest BCUT2D eigenvalue weighted by atomic mass is 32.1. The van der Waals surface area contributed by atoms with Crippen molar-refractivity contribution in [1.29, 1.82) is 5.26 Å². The molecule has 7 heteroatoms. The van der Waals surface area contributed by atoms with E-state index in [2.05, 4.69) is 10.3 Å². The van der Waals surface area contributed by atoms with Crippen LogP contribution in [0.15, 0.2) is 48.7 Å². The molecule has 1 amide bonds. The molecule has 0 saturated heterocycles. The number of hydrogen-bond acceptors (Lipinski definition) is 5. The fourth-order valence-corrected chi connectivity index (χ4v) is 1.72. The van der Waals surface area contributed by atoms with Crippen LogP contribution in [0.2, 0.25) is 0 Å². The van der Waals surface area contributed by atoms with Crippen molar-refractivity contribution in [1.82, 2.24) is 9.99 Å². The van der Waals surface area contributed by atoms with Crippen LogP contribution in [0.4, 0.5) is 5.69 Å². The van der Waals surface area contributed by atoms with Crippen molar-refractivity contribution >= 4 is 28.9 Å². The largest absolute Gasteiger partial charge is 0.331 e. The van der Waals surface area contributed by atoms with Gasteiger partial charge in [-0.2, -0.15) is 5.26 Å². The number of pyridine rings is 1. The van der Waals surface area contributed by atoms with Crippen LogP contribution in [0.1, 0.15) is 16.1 Å². The number of nitriles is 1. The third-order valence-corrected chi connectivity index (χ3v) is 2.89. The standard InChI is InChI=1S/C14H11N5OS/c15-9-10-4-6-11(7-5-10)18-14(21)19(16)13(20)12-3-1-2-8-17-12/h1-8H,16H2,(H,18,21). The molecule has 0 aliphatic rings. The van der Waals surface area contributed by atoms with Crippen molar-refractivity contribution in [3.8, 4) is 6.07 Å². The molecule has 1 aromatic carbocycles. The molecule has 0 spiro atoms. The van der Waals surface area contributed by atoms with Crippen LogP contribution in [0.3, 0.4) is 0 Å². The van der Waals surface area contributed by atoms with Crippen LogP contribution in [-0.4, -0.2) is 21.0 Å². The molecule has 3 N–H and O–H groups in total. The summed E-state index contributed by atoms with van der Waals surface area (Å²) in [5.74, 6) is 5.17. The van der Waals surface area contributed by atoms with Crippen molar-refractivity contribution < 1.29 is 4.79 Å². The first kappa shape index (κ1) is 14.6. The number of anilines is 1. The van der Waals surface area contributed by atoms with E-state index in [0.29, 0.717) is 11.3 Å². The zero-order chi connectivity index (χ0) is 15.2. The summed E-state index contributed by atoms with van der Waals surface area (Å²) in [6.07, 6.45) is 1.50. The summed E-state index contributed by atoms with van der Waals surface area (Å²) in [6.45, 7) is 0. The molecule has 6 nitrogen and oxygen atoms in total. The first-order valence-electron chi connectivity index (χ1n) is 5.93. The molecule has 0 unspecified atom stereocenters. The lowest BCUT2D eigenvalue weighted by molar-refractivity contribution is 0.0844. The number of amides is 1. The van der Waals surface area contributed by atoms with E-state index in [-0.39, 0.29) is 10.8 Å². The third kappa shape index (κ3) is 3.60. The number of aromatic nitrogens is 1. The van der Waals surface area contributed by atoms with Gasteiger partial charge in [0.2, 0.25) is 0 Å². The fourth-order valence-electron chi connectivity index (χ4n) is 1.52. The zero-order valence-corrected chi connectivity index (χ0v) is 11.7. The van der Waals surface area contributed by atoms with Crippen LogP contribution in [-0.2, 0) is 0 Å². The Bertz CT molecular complexity index is 694. The summed E-state index contributed by atoms with van der Waals surface area (Å²) in [6, 6.07) is 13.5. The van der Waals surface area contributed by atoms with Crippen LogP contribution >= 0.6 is 12.2 Å². The number of hydrazine groups is 1. The van der Waals surface area contributed by atoms with Gasteiger partial charge in [0.1, 0.15) is 5.69 Å². The van der Waals surface area contributed by atoms with Gasteiger partial charge in [0.15, 0.2) is 5.11 Å².